The number of carbonyl (C=O) groups excluding carboxylic acids is 2. The number of nitrogens with one attached hydrogen (secondary N) is 1. The van der Waals surface area contributed by atoms with Crippen LogP contribution >= 0.6 is 23.2 Å². The van der Waals surface area contributed by atoms with Crippen LogP contribution in [0.4, 0.5) is 5.69 Å². The van der Waals surface area contributed by atoms with Crippen LogP contribution < -0.4 is 14.4 Å². The Morgan fingerprint density at radius 2 is 1.72 bits per heavy atom. The second-order valence-electron chi connectivity index (χ2n) is 9.72. The van der Waals surface area contributed by atoms with E-state index in [9.17, 15) is 18.0 Å². The van der Waals surface area contributed by atoms with Crippen LogP contribution in [-0.2, 0) is 26.2 Å². The first-order valence-corrected chi connectivity index (χ1v) is 15.9. The number of benzene rings is 2. The van der Waals surface area contributed by atoms with Gasteiger partial charge in [0.1, 0.15) is 18.3 Å². The van der Waals surface area contributed by atoms with Crippen molar-refractivity contribution in [3.05, 3.63) is 58.1 Å². The van der Waals surface area contributed by atoms with E-state index in [1.165, 1.54) is 4.90 Å². The van der Waals surface area contributed by atoms with Crippen molar-refractivity contribution in [2.24, 2.45) is 0 Å². The standard InChI is InChI=1S/C28H37Cl2N3O5S/c1-4-26(28(35)31-22-9-7-6-8-10-22)32(18-20-11-12-21(29)17-25(20)30)27(34)19-33(39(3,36)37)23-13-15-24(16-14-23)38-5-2/h11-17,22,26H,4-10,18-19H2,1-3H3,(H,31,35)/t26-/m0/s1. The van der Waals surface area contributed by atoms with Gasteiger partial charge in [-0.05, 0) is 68.1 Å². The van der Waals surface area contributed by atoms with Gasteiger partial charge in [0.05, 0.1) is 18.6 Å². The molecule has 1 fully saturated rings. The van der Waals surface area contributed by atoms with E-state index in [0.717, 1.165) is 42.7 Å². The number of hydrogen-bond acceptors (Lipinski definition) is 5. The summed E-state index contributed by atoms with van der Waals surface area (Å²) in [5.74, 6) is -0.189. The molecule has 1 saturated carbocycles. The molecule has 0 bridgehead atoms. The van der Waals surface area contributed by atoms with Crippen molar-refractivity contribution < 1.29 is 22.7 Å². The smallest absolute Gasteiger partial charge is 0.244 e. The van der Waals surface area contributed by atoms with Crippen molar-refractivity contribution in [2.75, 3.05) is 23.7 Å². The predicted octanol–water partition coefficient (Wildman–Crippen LogP) is 5.41. The molecule has 0 aliphatic heterocycles. The number of rotatable bonds is 12. The number of carbonyl (C=O) groups is 2. The molecule has 1 aliphatic rings. The maximum absolute atomic E-state index is 13.9. The molecule has 1 aliphatic carbocycles. The summed E-state index contributed by atoms with van der Waals surface area (Å²) < 4.78 is 32.1. The van der Waals surface area contributed by atoms with Gasteiger partial charge in [-0.2, -0.15) is 0 Å². The zero-order valence-corrected chi connectivity index (χ0v) is 25.0. The van der Waals surface area contributed by atoms with Gasteiger partial charge in [-0.1, -0.05) is 55.5 Å². The summed E-state index contributed by atoms with van der Waals surface area (Å²) in [5.41, 5.74) is 0.920. The van der Waals surface area contributed by atoms with Crippen molar-refractivity contribution in [3.8, 4) is 5.75 Å². The van der Waals surface area contributed by atoms with Crippen molar-refractivity contribution in [2.45, 2.75) is 71.0 Å². The van der Waals surface area contributed by atoms with Crippen LogP contribution in [-0.4, -0.2) is 56.6 Å². The second-order valence-corrected chi connectivity index (χ2v) is 12.5. The number of hydrogen-bond donors (Lipinski definition) is 1. The summed E-state index contributed by atoms with van der Waals surface area (Å²) in [5, 5.41) is 3.92. The number of sulfonamides is 1. The Labute approximate surface area is 241 Å². The van der Waals surface area contributed by atoms with Crippen LogP contribution in [0.1, 0.15) is 57.9 Å². The van der Waals surface area contributed by atoms with Crippen molar-refractivity contribution in [3.63, 3.8) is 0 Å². The molecule has 2 aromatic carbocycles. The van der Waals surface area contributed by atoms with E-state index in [4.69, 9.17) is 27.9 Å². The molecule has 0 aromatic heterocycles. The minimum absolute atomic E-state index is 0.0201. The Hall–Kier alpha value is -2.49. The van der Waals surface area contributed by atoms with Gasteiger partial charge in [0, 0.05) is 22.6 Å². The van der Waals surface area contributed by atoms with Crippen LogP contribution in [0.5, 0.6) is 5.75 Å². The zero-order chi connectivity index (χ0) is 28.6. The molecule has 39 heavy (non-hydrogen) atoms. The minimum atomic E-state index is -3.83. The summed E-state index contributed by atoms with van der Waals surface area (Å²) in [7, 11) is -3.83. The fourth-order valence-electron chi connectivity index (χ4n) is 4.79. The summed E-state index contributed by atoms with van der Waals surface area (Å²) in [6.45, 7) is 3.69. The van der Waals surface area contributed by atoms with Crippen molar-refractivity contribution in [1.29, 1.82) is 0 Å². The fourth-order valence-corrected chi connectivity index (χ4v) is 6.10. The van der Waals surface area contributed by atoms with Crippen LogP contribution in [0.15, 0.2) is 42.5 Å². The fraction of sp³-hybridized carbons (Fsp3) is 0.500. The van der Waals surface area contributed by atoms with Crippen LogP contribution in [0.3, 0.4) is 0 Å². The van der Waals surface area contributed by atoms with E-state index >= 15 is 0 Å². The summed E-state index contributed by atoms with van der Waals surface area (Å²) in [4.78, 5) is 28.7. The molecule has 0 radical (unpaired) electrons. The largest absolute Gasteiger partial charge is 0.494 e. The third-order valence-electron chi connectivity index (χ3n) is 6.81. The van der Waals surface area contributed by atoms with E-state index in [0.29, 0.717) is 40.1 Å². The lowest BCUT2D eigenvalue weighted by molar-refractivity contribution is -0.140. The molecular weight excluding hydrogens is 561 g/mol. The highest BCUT2D eigenvalue weighted by Gasteiger charge is 2.33. The van der Waals surface area contributed by atoms with E-state index in [1.807, 2.05) is 13.8 Å². The quantitative estimate of drug-likeness (QED) is 0.352. The molecule has 0 spiro atoms. The van der Waals surface area contributed by atoms with Crippen LogP contribution in [0.25, 0.3) is 0 Å². The second kappa shape index (κ2) is 14.2. The monoisotopic (exact) mass is 597 g/mol. The van der Waals surface area contributed by atoms with Gasteiger partial charge in [-0.3, -0.25) is 13.9 Å². The van der Waals surface area contributed by atoms with Gasteiger partial charge >= 0.3 is 0 Å². The molecule has 0 saturated heterocycles. The summed E-state index contributed by atoms with van der Waals surface area (Å²) in [6, 6.07) is 10.7. The Bertz CT molecular complexity index is 1230. The predicted molar refractivity (Wildman–Crippen MR) is 156 cm³/mol. The topological polar surface area (TPSA) is 96.0 Å². The van der Waals surface area contributed by atoms with Crippen molar-refractivity contribution in [1.82, 2.24) is 10.2 Å². The average Bonchev–Trinajstić information content (AvgIpc) is 2.89. The molecule has 0 heterocycles. The minimum Gasteiger partial charge on any atom is -0.494 e. The molecule has 2 amide bonds. The molecule has 2 aromatic rings. The number of ether oxygens (including phenoxy) is 1. The van der Waals surface area contributed by atoms with E-state index in [2.05, 4.69) is 5.32 Å². The first-order chi connectivity index (χ1) is 18.5. The van der Waals surface area contributed by atoms with Crippen LogP contribution in [0, 0.1) is 0 Å². The normalized spacial score (nSPS) is 14.9. The highest BCUT2D eigenvalue weighted by molar-refractivity contribution is 7.92. The third-order valence-corrected chi connectivity index (χ3v) is 8.54. The van der Waals surface area contributed by atoms with Gasteiger partial charge < -0.3 is 15.0 Å². The van der Waals surface area contributed by atoms with E-state index in [-0.39, 0.29) is 18.5 Å². The number of halogens is 2. The van der Waals surface area contributed by atoms with E-state index < -0.39 is 28.5 Å². The molecule has 0 unspecified atom stereocenters. The van der Waals surface area contributed by atoms with Gasteiger partial charge in [-0.25, -0.2) is 8.42 Å². The Morgan fingerprint density at radius 3 is 2.28 bits per heavy atom. The molecule has 1 N–H and O–H groups in total. The lowest BCUT2D eigenvalue weighted by atomic mass is 9.95. The lowest BCUT2D eigenvalue weighted by Gasteiger charge is -2.34. The Balaban J connectivity index is 1.92. The highest BCUT2D eigenvalue weighted by Crippen LogP contribution is 2.26. The Kier molecular flexibility index (Phi) is 11.3. The molecule has 1 atom stereocenters. The third kappa shape index (κ3) is 8.75. The molecule has 214 valence electrons. The van der Waals surface area contributed by atoms with Gasteiger partial charge in [-0.15, -0.1) is 0 Å². The molecule has 3 rings (SSSR count). The SMILES string of the molecule is CCOc1ccc(N(CC(=O)N(Cc2ccc(Cl)cc2Cl)[C@@H](CC)C(=O)NC2CCCCC2)S(C)(=O)=O)cc1. The Morgan fingerprint density at radius 1 is 1.05 bits per heavy atom. The number of anilines is 1. The maximum Gasteiger partial charge on any atom is 0.244 e. The average molecular weight is 599 g/mol. The van der Waals surface area contributed by atoms with Gasteiger partial charge in [0.2, 0.25) is 21.8 Å². The molecular formula is C28H37Cl2N3O5S. The number of amides is 2. The van der Waals surface area contributed by atoms with E-state index in [1.54, 1.807) is 42.5 Å². The number of nitrogens with zero attached hydrogens (tertiary/aromatic N) is 2. The first kappa shape index (κ1) is 31.0. The lowest BCUT2D eigenvalue weighted by Crippen LogP contribution is -2.54. The maximum atomic E-state index is 13.9. The van der Waals surface area contributed by atoms with Gasteiger partial charge in [0.15, 0.2) is 0 Å². The van der Waals surface area contributed by atoms with Gasteiger partial charge in [0.25, 0.3) is 0 Å². The van der Waals surface area contributed by atoms with Crippen LogP contribution in [0.2, 0.25) is 10.0 Å². The molecule has 11 heteroatoms. The molecule has 8 nitrogen and oxygen atoms in total. The first-order valence-electron chi connectivity index (χ1n) is 13.3. The summed E-state index contributed by atoms with van der Waals surface area (Å²) >= 11 is 12.5. The zero-order valence-electron chi connectivity index (χ0n) is 22.7. The summed E-state index contributed by atoms with van der Waals surface area (Å²) in [6.07, 6.45) is 6.45. The van der Waals surface area contributed by atoms with Crippen molar-refractivity contribution >= 4 is 50.7 Å². The highest BCUT2D eigenvalue weighted by atomic mass is 35.5.